The van der Waals surface area contributed by atoms with Crippen LogP contribution in [0.1, 0.15) is 33.1 Å². The molecule has 2 aliphatic rings. The zero-order valence-electron chi connectivity index (χ0n) is 14.4. The summed E-state index contributed by atoms with van der Waals surface area (Å²) in [5.41, 5.74) is -0.516. The minimum Gasteiger partial charge on any atom is -0.480 e. The number of carbonyl (C=O) groups excluding carboxylic acids is 2. The Labute approximate surface area is 146 Å². The van der Waals surface area contributed by atoms with Crippen LogP contribution in [0.2, 0.25) is 0 Å². The molecule has 1 aromatic carbocycles. The van der Waals surface area contributed by atoms with E-state index in [1.54, 1.807) is 30.9 Å². The molecule has 0 aliphatic carbocycles. The molecule has 2 amide bonds. The molecule has 7 heteroatoms. The molecule has 0 spiro atoms. The average molecular weight is 346 g/mol. The molecule has 3 rings (SSSR count). The van der Waals surface area contributed by atoms with Crippen LogP contribution in [-0.2, 0) is 14.4 Å². The van der Waals surface area contributed by atoms with Gasteiger partial charge in [0.15, 0.2) is 6.10 Å². The van der Waals surface area contributed by atoms with Crippen LogP contribution in [0.25, 0.3) is 0 Å². The first-order valence-corrected chi connectivity index (χ1v) is 8.45. The second-order valence-electron chi connectivity index (χ2n) is 6.70. The highest BCUT2D eigenvalue weighted by Crippen LogP contribution is 2.34. The zero-order valence-corrected chi connectivity index (χ0v) is 14.4. The van der Waals surface area contributed by atoms with Crippen molar-refractivity contribution in [1.82, 2.24) is 4.90 Å². The molecule has 1 aromatic rings. The molecule has 0 aromatic heterocycles. The van der Waals surface area contributed by atoms with Crippen LogP contribution in [0, 0.1) is 0 Å². The summed E-state index contributed by atoms with van der Waals surface area (Å²) in [6, 6.07) is 7.20. The number of aliphatic carboxylic acids is 1. The van der Waals surface area contributed by atoms with Crippen molar-refractivity contribution < 1.29 is 24.2 Å². The number of benzene rings is 1. The highest BCUT2D eigenvalue weighted by Gasteiger charge is 2.45. The fourth-order valence-corrected chi connectivity index (χ4v) is 3.52. The predicted molar refractivity (Wildman–Crippen MR) is 90.5 cm³/mol. The number of para-hydroxylation sites is 2. The Morgan fingerprint density at radius 3 is 2.80 bits per heavy atom. The van der Waals surface area contributed by atoms with Crippen molar-refractivity contribution in [2.75, 3.05) is 18.0 Å². The lowest BCUT2D eigenvalue weighted by molar-refractivity contribution is -0.155. The molecule has 0 bridgehead atoms. The Balaban J connectivity index is 1.74. The second-order valence-corrected chi connectivity index (χ2v) is 6.70. The molecule has 134 valence electrons. The van der Waals surface area contributed by atoms with Gasteiger partial charge in [-0.3, -0.25) is 9.59 Å². The molecule has 2 atom stereocenters. The van der Waals surface area contributed by atoms with Crippen molar-refractivity contribution in [3.05, 3.63) is 24.3 Å². The molecule has 2 aliphatic heterocycles. The van der Waals surface area contributed by atoms with Gasteiger partial charge in [-0.05, 0) is 38.8 Å². The maximum Gasteiger partial charge on any atom is 0.329 e. The van der Waals surface area contributed by atoms with Gasteiger partial charge in [0.05, 0.1) is 5.69 Å². The summed E-state index contributed by atoms with van der Waals surface area (Å²) in [5.74, 6) is -0.820. The first kappa shape index (κ1) is 17.3. The summed E-state index contributed by atoms with van der Waals surface area (Å²) in [5, 5.41) is 9.44. The number of nitrogens with zero attached hydrogens (tertiary/aromatic N) is 2. The van der Waals surface area contributed by atoms with Gasteiger partial charge in [0.25, 0.3) is 5.91 Å². The number of ether oxygens (including phenoxy) is 1. The Bertz CT molecular complexity index is 719. The van der Waals surface area contributed by atoms with Crippen molar-refractivity contribution in [1.29, 1.82) is 0 Å². The minimum absolute atomic E-state index is 0.0790. The highest BCUT2D eigenvalue weighted by molar-refractivity contribution is 6.00. The lowest BCUT2D eigenvalue weighted by Crippen LogP contribution is -2.52. The van der Waals surface area contributed by atoms with E-state index < -0.39 is 17.6 Å². The Morgan fingerprint density at radius 1 is 1.36 bits per heavy atom. The maximum absolute atomic E-state index is 12.6. The van der Waals surface area contributed by atoms with E-state index in [1.165, 1.54) is 4.90 Å². The van der Waals surface area contributed by atoms with Gasteiger partial charge in [0, 0.05) is 19.5 Å². The quantitative estimate of drug-likeness (QED) is 0.896. The van der Waals surface area contributed by atoms with Crippen LogP contribution in [0.5, 0.6) is 5.75 Å². The molecule has 25 heavy (non-hydrogen) atoms. The largest absolute Gasteiger partial charge is 0.480 e. The summed E-state index contributed by atoms with van der Waals surface area (Å²) in [4.78, 5) is 39.5. The van der Waals surface area contributed by atoms with Gasteiger partial charge in [-0.15, -0.1) is 0 Å². The van der Waals surface area contributed by atoms with Gasteiger partial charge in [-0.2, -0.15) is 0 Å². The van der Waals surface area contributed by atoms with E-state index in [1.807, 2.05) is 12.1 Å². The smallest absolute Gasteiger partial charge is 0.329 e. The molecule has 2 unspecified atom stereocenters. The topological polar surface area (TPSA) is 87.2 Å². The lowest BCUT2D eigenvalue weighted by atomic mass is 9.99. The maximum atomic E-state index is 12.6. The Hall–Kier alpha value is -2.57. The van der Waals surface area contributed by atoms with Gasteiger partial charge in [-0.1, -0.05) is 12.1 Å². The van der Waals surface area contributed by atoms with Crippen LogP contribution in [0.4, 0.5) is 5.69 Å². The molecule has 1 N–H and O–H groups in total. The van der Waals surface area contributed by atoms with Crippen molar-refractivity contribution in [2.24, 2.45) is 0 Å². The molecule has 1 fully saturated rings. The monoisotopic (exact) mass is 346 g/mol. The van der Waals surface area contributed by atoms with Crippen molar-refractivity contribution in [2.45, 2.75) is 44.8 Å². The SMILES string of the molecule is CC1Oc2ccccc2N(CCC(=O)N2CCCC2(C)C(=O)O)C1=O. The number of anilines is 1. The average Bonchev–Trinajstić information content (AvgIpc) is 2.98. The van der Waals surface area contributed by atoms with Gasteiger partial charge in [0.1, 0.15) is 11.3 Å². The molecule has 7 nitrogen and oxygen atoms in total. The van der Waals surface area contributed by atoms with Crippen molar-refractivity contribution >= 4 is 23.5 Å². The number of hydrogen-bond acceptors (Lipinski definition) is 4. The normalized spacial score (nSPS) is 25.5. The molecular formula is C18H22N2O5. The van der Waals surface area contributed by atoms with Gasteiger partial charge < -0.3 is 19.6 Å². The third-order valence-corrected chi connectivity index (χ3v) is 5.03. The van der Waals surface area contributed by atoms with E-state index in [0.29, 0.717) is 30.8 Å². The van der Waals surface area contributed by atoms with Crippen LogP contribution in [0.15, 0.2) is 24.3 Å². The summed E-state index contributed by atoms with van der Waals surface area (Å²) in [6.07, 6.45) is 0.589. The highest BCUT2D eigenvalue weighted by atomic mass is 16.5. The van der Waals surface area contributed by atoms with Crippen molar-refractivity contribution in [3.8, 4) is 5.75 Å². The Morgan fingerprint density at radius 2 is 2.08 bits per heavy atom. The number of carboxylic acid groups (broad SMARTS) is 1. The van der Waals surface area contributed by atoms with Crippen LogP contribution < -0.4 is 9.64 Å². The fourth-order valence-electron chi connectivity index (χ4n) is 3.52. The van der Waals surface area contributed by atoms with E-state index in [4.69, 9.17) is 4.74 Å². The minimum atomic E-state index is -1.16. The third kappa shape index (κ3) is 2.94. The van der Waals surface area contributed by atoms with E-state index >= 15 is 0 Å². The van der Waals surface area contributed by atoms with Crippen LogP contribution in [0.3, 0.4) is 0 Å². The predicted octanol–water partition coefficient (Wildman–Crippen LogP) is 1.66. The number of likely N-dealkylation sites (tertiary alicyclic amines) is 1. The Kier molecular flexibility index (Phi) is 4.41. The standard InChI is InChI=1S/C18H22N2O5/c1-12-16(22)19(13-6-3-4-7-14(13)25-12)11-8-15(21)20-10-5-9-18(20,2)17(23)24/h3-4,6-7,12H,5,8-11H2,1-2H3,(H,23,24). The molecule has 0 saturated carbocycles. The summed E-state index contributed by atoms with van der Waals surface area (Å²) < 4.78 is 5.58. The summed E-state index contributed by atoms with van der Waals surface area (Å²) in [6.45, 7) is 3.90. The van der Waals surface area contributed by atoms with E-state index in [2.05, 4.69) is 0 Å². The van der Waals surface area contributed by atoms with E-state index in [-0.39, 0.29) is 24.8 Å². The number of rotatable bonds is 4. The summed E-state index contributed by atoms with van der Waals surface area (Å²) in [7, 11) is 0. The fraction of sp³-hybridized carbons (Fsp3) is 0.500. The van der Waals surface area contributed by atoms with Gasteiger partial charge >= 0.3 is 5.97 Å². The number of amides is 2. The second kappa shape index (κ2) is 6.38. The molecule has 0 radical (unpaired) electrons. The van der Waals surface area contributed by atoms with E-state index in [9.17, 15) is 19.5 Å². The number of hydrogen-bond donors (Lipinski definition) is 1. The van der Waals surface area contributed by atoms with Gasteiger partial charge in [-0.25, -0.2) is 4.79 Å². The first-order chi connectivity index (χ1) is 11.8. The number of carbonyl (C=O) groups is 3. The zero-order chi connectivity index (χ0) is 18.2. The first-order valence-electron chi connectivity index (χ1n) is 8.45. The lowest BCUT2D eigenvalue weighted by Gasteiger charge is -2.34. The van der Waals surface area contributed by atoms with Crippen LogP contribution in [-0.4, -0.2) is 52.5 Å². The number of fused-ring (bicyclic) bond motifs is 1. The molecular weight excluding hydrogens is 324 g/mol. The van der Waals surface area contributed by atoms with Crippen molar-refractivity contribution in [3.63, 3.8) is 0 Å². The number of carboxylic acids is 1. The van der Waals surface area contributed by atoms with E-state index in [0.717, 1.165) is 0 Å². The molecule has 2 heterocycles. The third-order valence-electron chi connectivity index (χ3n) is 5.03. The van der Waals surface area contributed by atoms with Gasteiger partial charge in [0.2, 0.25) is 5.91 Å². The van der Waals surface area contributed by atoms with Crippen LogP contribution >= 0.6 is 0 Å². The molecule has 1 saturated heterocycles. The summed E-state index contributed by atoms with van der Waals surface area (Å²) >= 11 is 0.